The van der Waals surface area contributed by atoms with E-state index >= 15 is 0 Å². The van der Waals surface area contributed by atoms with E-state index in [9.17, 15) is 45.4 Å². The first-order chi connectivity index (χ1) is 12.6. The zero-order chi connectivity index (χ0) is 21.9. The van der Waals surface area contributed by atoms with Gasteiger partial charge in [-0.05, 0) is 12.1 Å². The van der Waals surface area contributed by atoms with Crippen molar-refractivity contribution < 1.29 is 45.4 Å². The van der Waals surface area contributed by atoms with Crippen LogP contribution in [0.15, 0.2) is 17.0 Å². The molecule has 0 bridgehead atoms. The highest BCUT2D eigenvalue weighted by Crippen LogP contribution is 2.50. The topological polar surface area (TPSA) is 118 Å². The fourth-order valence-corrected chi connectivity index (χ4v) is 3.29. The lowest BCUT2D eigenvalue weighted by Crippen LogP contribution is -2.26. The number of nitrogens with two attached hydrogens (primary N) is 1. The van der Waals surface area contributed by atoms with Crippen molar-refractivity contribution >= 4 is 15.7 Å². The number of alkyl halides is 5. The monoisotopic (exact) mass is 433 g/mol. The molecule has 1 fully saturated rings. The standard InChI is InChI=1S/C10H7F5O4S.C4H8.C2H5NO/c11-9(12)3-4-5(16)1-2-6(7(4)8(9)17)20(18,19)10(13,14)15;1-2-4-3-1;1-2(3)4/h1-2,8,16-17H,3H2;1-4H2;1H3,(H2,3,4)/t8-;;/m0../s1. The molecule has 3 rings (SSSR count). The Labute approximate surface area is 158 Å². The Bertz CT molecular complexity index is 811. The first kappa shape index (κ1) is 24.1. The van der Waals surface area contributed by atoms with Crippen LogP contribution < -0.4 is 5.73 Å². The van der Waals surface area contributed by atoms with Crippen LogP contribution in [0.4, 0.5) is 22.0 Å². The number of carbonyl (C=O) groups excluding carboxylic acids is 1. The second-order valence-corrected chi connectivity index (χ2v) is 8.20. The zero-order valence-electron chi connectivity index (χ0n) is 14.8. The smallest absolute Gasteiger partial charge is 0.501 e. The first-order valence-electron chi connectivity index (χ1n) is 8.11. The first-order valence-corrected chi connectivity index (χ1v) is 9.59. The Kier molecular flexibility index (Phi) is 7.40. The lowest BCUT2D eigenvalue weighted by Gasteiger charge is -2.16. The van der Waals surface area contributed by atoms with Crippen molar-refractivity contribution in [2.75, 3.05) is 0 Å². The number of hydrogen-bond donors (Lipinski definition) is 3. The summed E-state index contributed by atoms with van der Waals surface area (Å²) >= 11 is 0. The predicted octanol–water partition coefficient (Wildman–Crippen LogP) is 2.96. The Balaban J connectivity index is 0.000000408. The number of phenols is 1. The summed E-state index contributed by atoms with van der Waals surface area (Å²) in [6.45, 7) is 1.31. The number of sulfone groups is 1. The van der Waals surface area contributed by atoms with E-state index in [1.165, 1.54) is 32.6 Å². The van der Waals surface area contributed by atoms with Crippen molar-refractivity contribution in [3.8, 4) is 5.75 Å². The third-order valence-electron chi connectivity index (χ3n) is 3.97. The molecule has 1 atom stereocenters. The average molecular weight is 433 g/mol. The number of aliphatic hydroxyl groups is 1. The summed E-state index contributed by atoms with van der Waals surface area (Å²) < 4.78 is 86.8. The van der Waals surface area contributed by atoms with E-state index in [1.807, 2.05) is 0 Å². The van der Waals surface area contributed by atoms with Gasteiger partial charge in [-0.3, -0.25) is 4.79 Å². The molecule has 0 heterocycles. The number of rotatable bonds is 1. The molecule has 1 amide bonds. The summed E-state index contributed by atoms with van der Waals surface area (Å²) in [5.41, 5.74) is -3.03. The predicted molar refractivity (Wildman–Crippen MR) is 88.3 cm³/mol. The molecule has 6 nitrogen and oxygen atoms in total. The van der Waals surface area contributed by atoms with Gasteiger partial charge >= 0.3 is 5.51 Å². The molecule has 4 N–H and O–H groups in total. The molecule has 1 saturated carbocycles. The fourth-order valence-electron chi connectivity index (χ4n) is 2.27. The van der Waals surface area contributed by atoms with Crippen LogP contribution in [0.1, 0.15) is 49.8 Å². The maximum absolute atomic E-state index is 13.3. The number of amides is 1. The molecule has 1 aromatic rings. The van der Waals surface area contributed by atoms with Crippen molar-refractivity contribution in [3.63, 3.8) is 0 Å². The van der Waals surface area contributed by atoms with Crippen molar-refractivity contribution in [3.05, 3.63) is 23.3 Å². The van der Waals surface area contributed by atoms with Gasteiger partial charge in [0.05, 0.1) is 4.90 Å². The number of carbonyl (C=O) groups is 1. The Morgan fingerprint density at radius 2 is 1.61 bits per heavy atom. The van der Waals surface area contributed by atoms with Crippen molar-refractivity contribution in [1.82, 2.24) is 0 Å². The summed E-state index contributed by atoms with van der Waals surface area (Å²) in [6.07, 6.45) is 2.04. The molecule has 0 aliphatic heterocycles. The lowest BCUT2D eigenvalue weighted by molar-refractivity contribution is -0.115. The highest BCUT2D eigenvalue weighted by molar-refractivity contribution is 7.92. The minimum Gasteiger partial charge on any atom is -0.508 e. The SMILES string of the molecule is C1CCC1.CC(N)=O.O=S(=O)(c1ccc(O)c2c1[C@H](O)C(F)(F)C2)C(F)(F)F. The van der Waals surface area contributed by atoms with Gasteiger partial charge in [-0.1, -0.05) is 25.7 Å². The van der Waals surface area contributed by atoms with Gasteiger partial charge in [0.25, 0.3) is 15.8 Å². The van der Waals surface area contributed by atoms with E-state index in [4.69, 9.17) is 0 Å². The van der Waals surface area contributed by atoms with Gasteiger partial charge in [0.2, 0.25) is 5.91 Å². The van der Waals surface area contributed by atoms with Gasteiger partial charge in [0.15, 0.2) is 0 Å². The number of aliphatic hydroxyl groups excluding tert-OH is 1. The molecule has 0 unspecified atom stereocenters. The van der Waals surface area contributed by atoms with Gasteiger partial charge in [-0.25, -0.2) is 17.2 Å². The third-order valence-corrected chi connectivity index (χ3v) is 5.52. The molecule has 1 aromatic carbocycles. The molecular formula is C16H20F5NO5S. The van der Waals surface area contributed by atoms with E-state index in [-0.39, 0.29) is 5.91 Å². The molecule has 2 aliphatic rings. The number of halogens is 5. The van der Waals surface area contributed by atoms with Crippen LogP contribution in [0.2, 0.25) is 0 Å². The van der Waals surface area contributed by atoms with Gasteiger partial charge in [0.1, 0.15) is 11.9 Å². The molecule has 2 aliphatic carbocycles. The van der Waals surface area contributed by atoms with Crippen LogP contribution in [0.5, 0.6) is 5.75 Å². The van der Waals surface area contributed by atoms with Crippen molar-refractivity contribution in [2.45, 2.75) is 61.5 Å². The second kappa shape index (κ2) is 8.60. The van der Waals surface area contributed by atoms with Gasteiger partial charge in [0, 0.05) is 24.5 Å². The number of hydrogen-bond acceptors (Lipinski definition) is 5. The summed E-state index contributed by atoms with van der Waals surface area (Å²) in [7, 11) is -5.91. The Morgan fingerprint density at radius 1 is 1.18 bits per heavy atom. The molecule has 160 valence electrons. The van der Waals surface area contributed by atoms with E-state index in [2.05, 4.69) is 5.73 Å². The zero-order valence-corrected chi connectivity index (χ0v) is 15.6. The third kappa shape index (κ3) is 5.31. The molecular weight excluding hydrogens is 413 g/mol. The number of phenolic OH excluding ortho intramolecular Hbond substituents is 1. The summed E-state index contributed by atoms with van der Waals surface area (Å²) in [4.78, 5) is 7.75. The normalized spacial score (nSPS) is 19.9. The lowest BCUT2D eigenvalue weighted by atomic mass is 10.0. The van der Waals surface area contributed by atoms with Gasteiger partial charge < -0.3 is 15.9 Å². The van der Waals surface area contributed by atoms with E-state index in [0.717, 1.165) is 0 Å². The van der Waals surface area contributed by atoms with Gasteiger partial charge in [-0.15, -0.1) is 0 Å². The summed E-state index contributed by atoms with van der Waals surface area (Å²) in [5.74, 6) is -4.98. The van der Waals surface area contributed by atoms with Crippen LogP contribution >= 0.6 is 0 Å². The molecule has 0 radical (unpaired) electrons. The Morgan fingerprint density at radius 3 is 1.96 bits per heavy atom. The maximum Gasteiger partial charge on any atom is 0.501 e. The molecule has 12 heteroatoms. The maximum atomic E-state index is 13.3. The summed E-state index contributed by atoms with van der Waals surface area (Å²) in [6, 6.07) is 0.924. The van der Waals surface area contributed by atoms with Crippen LogP contribution in [0, 0.1) is 0 Å². The van der Waals surface area contributed by atoms with Crippen LogP contribution in [0.25, 0.3) is 0 Å². The number of fused-ring (bicyclic) bond motifs is 1. The quantitative estimate of drug-likeness (QED) is 0.589. The average Bonchev–Trinajstić information content (AvgIpc) is 2.68. The number of benzene rings is 1. The van der Waals surface area contributed by atoms with Gasteiger partial charge in [-0.2, -0.15) is 13.2 Å². The van der Waals surface area contributed by atoms with E-state index in [0.29, 0.717) is 12.1 Å². The number of primary amides is 1. The highest BCUT2D eigenvalue weighted by Gasteiger charge is 2.54. The van der Waals surface area contributed by atoms with Crippen molar-refractivity contribution in [1.29, 1.82) is 0 Å². The van der Waals surface area contributed by atoms with E-state index < -0.39 is 55.6 Å². The molecule has 0 aromatic heterocycles. The highest BCUT2D eigenvalue weighted by atomic mass is 32.2. The minimum atomic E-state index is -5.91. The Hall–Kier alpha value is -1.95. The van der Waals surface area contributed by atoms with Crippen molar-refractivity contribution in [2.24, 2.45) is 5.73 Å². The number of aromatic hydroxyl groups is 1. The van der Waals surface area contributed by atoms with Crippen LogP contribution in [-0.2, 0) is 21.1 Å². The molecule has 28 heavy (non-hydrogen) atoms. The van der Waals surface area contributed by atoms with E-state index in [1.54, 1.807) is 0 Å². The molecule has 0 saturated heterocycles. The van der Waals surface area contributed by atoms with Crippen LogP contribution in [0.3, 0.4) is 0 Å². The minimum absolute atomic E-state index is 0.333. The molecule has 0 spiro atoms. The van der Waals surface area contributed by atoms with Crippen LogP contribution in [-0.4, -0.2) is 36.0 Å². The summed E-state index contributed by atoms with van der Waals surface area (Å²) in [5, 5.41) is 18.7. The fraction of sp³-hybridized carbons (Fsp3) is 0.562. The second-order valence-electron chi connectivity index (χ2n) is 6.29. The largest absolute Gasteiger partial charge is 0.508 e.